The fourth-order valence-electron chi connectivity index (χ4n) is 6.60. The largest absolute Gasteiger partial charge is 0.303 e. The first-order valence-electron chi connectivity index (χ1n) is 13.9. The Morgan fingerprint density at radius 1 is 1.05 bits per heavy atom. The molecule has 8 heteroatoms. The zero-order valence-corrected chi connectivity index (χ0v) is 21.8. The van der Waals surface area contributed by atoms with Crippen molar-refractivity contribution in [1.82, 2.24) is 20.0 Å². The molecule has 0 unspecified atom stereocenters. The van der Waals surface area contributed by atoms with Gasteiger partial charge < -0.3 is 4.90 Å². The molecule has 0 bridgehead atoms. The number of imide groups is 1. The van der Waals surface area contributed by atoms with Gasteiger partial charge in [-0.3, -0.25) is 29.3 Å². The van der Waals surface area contributed by atoms with E-state index in [0.29, 0.717) is 23.4 Å². The molecule has 1 N–H and O–H groups in total. The van der Waals surface area contributed by atoms with Crippen molar-refractivity contribution in [2.45, 2.75) is 64.0 Å². The average molecular weight is 512 g/mol. The number of piperidine rings is 2. The van der Waals surface area contributed by atoms with E-state index >= 15 is 0 Å². The van der Waals surface area contributed by atoms with Gasteiger partial charge in [-0.15, -0.1) is 0 Å². The summed E-state index contributed by atoms with van der Waals surface area (Å²) in [7, 11) is 0. The number of anilines is 1. The molecule has 38 heavy (non-hydrogen) atoms. The minimum atomic E-state index is -0.668. The minimum absolute atomic E-state index is 0.174. The van der Waals surface area contributed by atoms with Crippen LogP contribution in [0.25, 0.3) is 10.8 Å². The normalized spacial score (nSPS) is 23.3. The molecule has 2 aromatic carbocycles. The van der Waals surface area contributed by atoms with Gasteiger partial charge in [-0.1, -0.05) is 25.1 Å². The predicted octanol–water partition coefficient (Wildman–Crippen LogP) is 3.83. The van der Waals surface area contributed by atoms with E-state index in [0.717, 1.165) is 59.9 Å². The van der Waals surface area contributed by atoms with Crippen LogP contribution in [-0.4, -0.2) is 58.1 Å². The predicted molar refractivity (Wildman–Crippen MR) is 144 cm³/mol. The van der Waals surface area contributed by atoms with Crippen LogP contribution in [0.4, 0.5) is 5.69 Å². The van der Waals surface area contributed by atoms with Gasteiger partial charge in [0, 0.05) is 49.6 Å². The second-order valence-electron chi connectivity index (χ2n) is 11.9. The van der Waals surface area contributed by atoms with Crippen LogP contribution in [0, 0.1) is 5.41 Å². The summed E-state index contributed by atoms with van der Waals surface area (Å²) in [6.07, 6.45) is 10.5. The van der Waals surface area contributed by atoms with E-state index in [1.807, 2.05) is 24.4 Å². The van der Waals surface area contributed by atoms with Gasteiger partial charge in [0.2, 0.25) is 11.8 Å². The van der Waals surface area contributed by atoms with Crippen molar-refractivity contribution in [3.05, 3.63) is 59.4 Å². The molecule has 3 amide bonds. The molecule has 3 aliphatic heterocycles. The number of hydrogen-bond acceptors (Lipinski definition) is 5. The van der Waals surface area contributed by atoms with E-state index in [-0.39, 0.29) is 18.2 Å². The summed E-state index contributed by atoms with van der Waals surface area (Å²) in [6.45, 7) is 5.92. The third-order valence-corrected chi connectivity index (χ3v) is 9.03. The van der Waals surface area contributed by atoms with E-state index in [1.54, 1.807) is 4.90 Å². The quantitative estimate of drug-likeness (QED) is 0.509. The van der Waals surface area contributed by atoms with Crippen LogP contribution in [0.2, 0.25) is 0 Å². The number of nitrogens with one attached hydrogen (secondary N) is 1. The molecule has 3 fully saturated rings. The van der Waals surface area contributed by atoms with Crippen molar-refractivity contribution < 1.29 is 14.4 Å². The third-order valence-electron chi connectivity index (χ3n) is 9.03. The number of amides is 3. The summed E-state index contributed by atoms with van der Waals surface area (Å²) in [5, 5.41) is 9.05. The molecular weight excluding hydrogens is 478 g/mol. The summed E-state index contributed by atoms with van der Waals surface area (Å²) in [5.41, 5.74) is 4.22. The molecule has 1 saturated carbocycles. The molecule has 3 aromatic rings. The van der Waals surface area contributed by atoms with Crippen molar-refractivity contribution >= 4 is 34.2 Å². The number of likely N-dealkylation sites (tertiary alicyclic amines) is 1. The van der Waals surface area contributed by atoms with Gasteiger partial charge in [-0.05, 0) is 66.2 Å². The summed E-state index contributed by atoms with van der Waals surface area (Å²) in [4.78, 5) is 41.9. The van der Waals surface area contributed by atoms with Gasteiger partial charge in [0.05, 0.1) is 17.9 Å². The number of rotatable bonds is 6. The highest BCUT2D eigenvalue weighted by atomic mass is 16.2. The van der Waals surface area contributed by atoms with Crippen LogP contribution in [0.1, 0.15) is 73.0 Å². The molecule has 196 valence electrons. The van der Waals surface area contributed by atoms with Gasteiger partial charge in [-0.2, -0.15) is 5.10 Å². The first kappa shape index (κ1) is 23.6. The van der Waals surface area contributed by atoms with Crippen molar-refractivity contribution in [1.29, 1.82) is 0 Å². The Kier molecular flexibility index (Phi) is 5.44. The molecule has 7 rings (SSSR count). The minimum Gasteiger partial charge on any atom is -0.303 e. The maximum absolute atomic E-state index is 13.4. The Morgan fingerprint density at radius 3 is 2.63 bits per heavy atom. The lowest BCUT2D eigenvalue weighted by molar-refractivity contribution is -0.134. The van der Waals surface area contributed by atoms with Crippen LogP contribution in [-0.2, 0) is 16.0 Å². The summed E-state index contributed by atoms with van der Waals surface area (Å²) < 4.78 is 2.15. The Hall–Kier alpha value is -3.52. The Balaban J connectivity index is 1.11. The van der Waals surface area contributed by atoms with Crippen LogP contribution in [0.3, 0.4) is 0 Å². The Bertz CT molecular complexity index is 1460. The molecule has 4 heterocycles. The molecule has 8 nitrogen and oxygen atoms in total. The average Bonchev–Trinajstić information content (AvgIpc) is 3.32. The number of aromatic nitrogens is 2. The summed E-state index contributed by atoms with van der Waals surface area (Å²) in [5.74, 6) is -0.860. The zero-order chi connectivity index (χ0) is 26.0. The Morgan fingerprint density at radius 2 is 1.87 bits per heavy atom. The lowest BCUT2D eigenvalue weighted by Crippen LogP contribution is -2.53. The highest BCUT2D eigenvalue weighted by Crippen LogP contribution is 2.46. The maximum Gasteiger partial charge on any atom is 0.259 e. The first-order chi connectivity index (χ1) is 18.4. The van der Waals surface area contributed by atoms with Crippen LogP contribution >= 0.6 is 0 Å². The van der Waals surface area contributed by atoms with Gasteiger partial charge in [0.25, 0.3) is 5.91 Å². The molecule has 2 saturated heterocycles. The lowest BCUT2D eigenvalue weighted by Gasteiger charge is -2.33. The second-order valence-corrected chi connectivity index (χ2v) is 11.9. The molecule has 0 radical (unpaired) electrons. The standard InChI is InChI=1S/C30H33N5O3/c1-30(11-12-30)18-33-13-9-21(10-14-33)34-17-19(16-31-34)15-20-5-6-24-27-22(20)3-2-4-23(27)29(38)35(24)25-7-8-26(36)32-28(25)37/h2-6,16-17,21,25H,7-15,18H2,1H3,(H,32,36,37)/t25-/m0/s1. The van der Waals surface area contributed by atoms with E-state index < -0.39 is 11.9 Å². The van der Waals surface area contributed by atoms with Crippen LogP contribution in [0.5, 0.6) is 0 Å². The topological polar surface area (TPSA) is 87.5 Å². The molecule has 4 aliphatic rings. The summed E-state index contributed by atoms with van der Waals surface area (Å²) >= 11 is 0. The fourth-order valence-corrected chi connectivity index (χ4v) is 6.60. The first-order valence-corrected chi connectivity index (χ1v) is 13.9. The highest BCUT2D eigenvalue weighted by Gasteiger charge is 2.41. The number of hydrogen-bond donors (Lipinski definition) is 1. The van der Waals surface area contributed by atoms with Crippen LogP contribution in [0.15, 0.2) is 42.7 Å². The summed E-state index contributed by atoms with van der Waals surface area (Å²) in [6, 6.07) is 9.59. The van der Waals surface area contributed by atoms with Gasteiger partial charge >= 0.3 is 0 Å². The van der Waals surface area contributed by atoms with Gasteiger partial charge in [0.1, 0.15) is 6.04 Å². The van der Waals surface area contributed by atoms with Gasteiger partial charge in [0.15, 0.2) is 0 Å². The van der Waals surface area contributed by atoms with Crippen LogP contribution < -0.4 is 10.2 Å². The van der Waals surface area contributed by atoms with E-state index in [2.05, 4.69) is 40.2 Å². The lowest BCUT2D eigenvalue weighted by atomic mass is 9.97. The fraction of sp³-hybridized carbons (Fsp3) is 0.467. The molecule has 1 aromatic heterocycles. The van der Waals surface area contributed by atoms with E-state index in [9.17, 15) is 14.4 Å². The smallest absolute Gasteiger partial charge is 0.259 e. The van der Waals surface area contributed by atoms with E-state index in [4.69, 9.17) is 5.10 Å². The molecule has 1 aliphatic carbocycles. The van der Waals surface area contributed by atoms with Crippen molar-refractivity contribution in [3.63, 3.8) is 0 Å². The molecule has 0 spiro atoms. The Labute approximate surface area is 222 Å². The third kappa shape index (κ3) is 4.02. The molecular formula is C30H33N5O3. The zero-order valence-electron chi connectivity index (χ0n) is 21.8. The second kappa shape index (κ2) is 8.76. The number of benzene rings is 2. The van der Waals surface area contributed by atoms with E-state index in [1.165, 1.54) is 19.4 Å². The van der Waals surface area contributed by atoms with Crippen molar-refractivity contribution in [2.24, 2.45) is 5.41 Å². The SMILES string of the molecule is CC1(CN2CCC(n3cc(Cc4ccc5c6c(cccc46)C(=O)N5[C@H]4CCC(=O)NC4=O)cn3)CC2)CC1. The number of nitrogens with zero attached hydrogens (tertiary/aromatic N) is 4. The van der Waals surface area contributed by atoms with Crippen molar-refractivity contribution in [3.8, 4) is 0 Å². The van der Waals surface area contributed by atoms with Gasteiger partial charge in [-0.25, -0.2) is 0 Å². The monoisotopic (exact) mass is 511 g/mol. The number of carbonyl (C=O) groups excluding carboxylic acids is 3. The highest BCUT2D eigenvalue weighted by molar-refractivity contribution is 6.27. The maximum atomic E-state index is 13.4. The molecule has 1 atom stereocenters. The number of carbonyl (C=O) groups is 3. The van der Waals surface area contributed by atoms with Crippen molar-refractivity contribution in [2.75, 3.05) is 24.5 Å².